The Morgan fingerprint density at radius 2 is 1.80 bits per heavy atom. The van der Waals surface area contributed by atoms with Gasteiger partial charge in [0.2, 0.25) is 5.88 Å². The van der Waals surface area contributed by atoms with Gasteiger partial charge in [-0.2, -0.15) is 0 Å². The van der Waals surface area contributed by atoms with E-state index in [1.165, 1.54) is 0 Å². The number of pyridine rings is 2. The molecule has 0 unspecified atom stereocenters. The maximum atomic E-state index is 5.69. The van der Waals surface area contributed by atoms with Crippen LogP contribution in [-0.4, -0.2) is 23.7 Å². The van der Waals surface area contributed by atoms with Crippen LogP contribution in [-0.2, 0) is 0 Å². The molecule has 130 valence electrons. The van der Waals surface area contributed by atoms with Gasteiger partial charge in [-0.15, -0.1) is 0 Å². The first-order valence-corrected chi connectivity index (χ1v) is 8.52. The maximum Gasteiger partial charge on any atom is 0.213 e. The van der Waals surface area contributed by atoms with Crippen LogP contribution in [0.15, 0.2) is 42.5 Å². The largest absolute Gasteiger partial charge is 0.494 e. The number of aromatic nitrogens is 2. The van der Waals surface area contributed by atoms with Crippen molar-refractivity contribution in [3.8, 4) is 11.6 Å². The number of rotatable bonds is 7. The molecule has 0 aliphatic rings. The van der Waals surface area contributed by atoms with Crippen molar-refractivity contribution in [3.63, 3.8) is 0 Å². The van der Waals surface area contributed by atoms with Crippen molar-refractivity contribution >= 4 is 22.4 Å². The van der Waals surface area contributed by atoms with E-state index in [4.69, 9.17) is 9.47 Å². The molecule has 0 fully saturated rings. The van der Waals surface area contributed by atoms with Gasteiger partial charge < -0.3 is 14.8 Å². The second kappa shape index (κ2) is 7.83. The number of aryl methyl sites for hydroxylation is 1. The molecule has 0 amide bonds. The minimum atomic E-state index is 0.581. The van der Waals surface area contributed by atoms with Crippen LogP contribution in [0.25, 0.3) is 11.0 Å². The van der Waals surface area contributed by atoms with Crippen LogP contribution in [0.4, 0.5) is 11.4 Å². The molecule has 3 rings (SSSR count). The summed E-state index contributed by atoms with van der Waals surface area (Å²) in [6.07, 6.45) is 2.20. The lowest BCUT2D eigenvalue weighted by atomic mass is 10.2. The van der Waals surface area contributed by atoms with Gasteiger partial charge in [0.05, 0.1) is 36.1 Å². The average molecular weight is 337 g/mol. The zero-order valence-corrected chi connectivity index (χ0v) is 14.9. The first kappa shape index (κ1) is 17.0. The van der Waals surface area contributed by atoms with Crippen molar-refractivity contribution in [1.29, 1.82) is 0 Å². The number of nitrogens with zero attached hydrogens (tertiary/aromatic N) is 2. The molecule has 0 bridgehead atoms. The molecular formula is C20H23N3O2. The van der Waals surface area contributed by atoms with E-state index in [2.05, 4.69) is 22.2 Å². The van der Waals surface area contributed by atoms with Crippen molar-refractivity contribution in [2.45, 2.75) is 26.7 Å². The Balaban J connectivity index is 1.78. The Labute approximate surface area is 148 Å². The Bertz CT molecular complexity index is 847. The summed E-state index contributed by atoms with van der Waals surface area (Å²) in [7, 11) is 1.61. The highest BCUT2D eigenvalue weighted by Crippen LogP contribution is 2.25. The van der Waals surface area contributed by atoms with Gasteiger partial charge in [0.15, 0.2) is 0 Å². The minimum Gasteiger partial charge on any atom is -0.494 e. The molecule has 0 saturated heterocycles. The van der Waals surface area contributed by atoms with E-state index in [1.54, 1.807) is 7.11 Å². The van der Waals surface area contributed by atoms with Crippen LogP contribution in [0.5, 0.6) is 11.6 Å². The molecule has 1 aromatic carbocycles. The standard InChI is InChI=1S/C20H23N3O2/c1-4-5-12-25-16-8-6-15(7-9-16)22-18-13-19-17(21-14(18)2)10-11-20(23-19)24-3/h6-11,13,22H,4-5,12H2,1-3H3. The van der Waals surface area contributed by atoms with Crippen LogP contribution in [0, 0.1) is 6.92 Å². The Hall–Kier alpha value is -2.82. The first-order chi connectivity index (χ1) is 12.2. The van der Waals surface area contributed by atoms with E-state index in [0.717, 1.165) is 53.3 Å². The summed E-state index contributed by atoms with van der Waals surface area (Å²) in [5.74, 6) is 1.47. The number of anilines is 2. The SMILES string of the molecule is CCCCOc1ccc(Nc2cc3nc(OC)ccc3nc2C)cc1. The zero-order chi connectivity index (χ0) is 17.6. The number of fused-ring (bicyclic) bond motifs is 1. The van der Waals surface area contributed by atoms with E-state index < -0.39 is 0 Å². The molecule has 2 heterocycles. The van der Waals surface area contributed by atoms with Gasteiger partial charge in [-0.3, -0.25) is 0 Å². The van der Waals surface area contributed by atoms with Crippen molar-refractivity contribution in [3.05, 3.63) is 48.2 Å². The smallest absolute Gasteiger partial charge is 0.213 e. The molecule has 0 radical (unpaired) electrons. The van der Waals surface area contributed by atoms with E-state index in [-0.39, 0.29) is 0 Å². The molecule has 0 saturated carbocycles. The van der Waals surface area contributed by atoms with Gasteiger partial charge in [-0.25, -0.2) is 9.97 Å². The van der Waals surface area contributed by atoms with Crippen LogP contribution >= 0.6 is 0 Å². The highest BCUT2D eigenvalue weighted by molar-refractivity contribution is 5.81. The topological polar surface area (TPSA) is 56.3 Å². The fraction of sp³-hybridized carbons (Fsp3) is 0.300. The van der Waals surface area contributed by atoms with Gasteiger partial charge in [-0.1, -0.05) is 13.3 Å². The summed E-state index contributed by atoms with van der Waals surface area (Å²) in [6, 6.07) is 13.7. The molecule has 1 N–H and O–H groups in total. The molecule has 0 aliphatic carbocycles. The normalized spacial score (nSPS) is 10.7. The monoisotopic (exact) mass is 337 g/mol. The predicted octanol–water partition coefficient (Wildman–Crippen LogP) is 4.87. The highest BCUT2D eigenvalue weighted by Gasteiger charge is 2.06. The Kier molecular flexibility index (Phi) is 5.33. The second-order valence-corrected chi connectivity index (χ2v) is 5.86. The van der Waals surface area contributed by atoms with Gasteiger partial charge in [-0.05, 0) is 49.7 Å². The number of hydrogen-bond acceptors (Lipinski definition) is 5. The number of benzene rings is 1. The molecule has 5 nitrogen and oxygen atoms in total. The maximum absolute atomic E-state index is 5.69. The summed E-state index contributed by atoms with van der Waals surface area (Å²) in [4.78, 5) is 9.06. The zero-order valence-electron chi connectivity index (χ0n) is 14.9. The predicted molar refractivity (Wildman–Crippen MR) is 101 cm³/mol. The number of methoxy groups -OCH3 is 1. The second-order valence-electron chi connectivity index (χ2n) is 5.86. The van der Waals surface area contributed by atoms with Crippen LogP contribution in [0.1, 0.15) is 25.5 Å². The summed E-state index contributed by atoms with van der Waals surface area (Å²) in [5, 5.41) is 3.40. The van der Waals surface area contributed by atoms with Gasteiger partial charge in [0.1, 0.15) is 5.75 Å². The van der Waals surface area contributed by atoms with Crippen molar-refractivity contribution in [2.75, 3.05) is 19.0 Å². The molecule has 2 aromatic heterocycles. The number of unbranched alkanes of at least 4 members (excludes halogenated alkanes) is 1. The Morgan fingerprint density at radius 3 is 2.52 bits per heavy atom. The molecule has 0 spiro atoms. The van der Waals surface area contributed by atoms with Crippen molar-refractivity contribution in [2.24, 2.45) is 0 Å². The van der Waals surface area contributed by atoms with Gasteiger partial charge in [0, 0.05) is 11.8 Å². The third-order valence-electron chi connectivity index (χ3n) is 3.94. The molecule has 25 heavy (non-hydrogen) atoms. The van der Waals surface area contributed by atoms with E-state index in [1.807, 2.05) is 49.4 Å². The number of nitrogens with one attached hydrogen (secondary N) is 1. The molecule has 3 aromatic rings. The average Bonchev–Trinajstić information content (AvgIpc) is 2.63. The number of ether oxygens (including phenoxy) is 2. The van der Waals surface area contributed by atoms with Gasteiger partial charge >= 0.3 is 0 Å². The fourth-order valence-corrected chi connectivity index (χ4v) is 2.50. The molecule has 0 atom stereocenters. The minimum absolute atomic E-state index is 0.581. The lowest BCUT2D eigenvalue weighted by Crippen LogP contribution is -1.99. The third kappa shape index (κ3) is 4.18. The summed E-state index contributed by atoms with van der Waals surface area (Å²) in [5.41, 5.74) is 4.47. The van der Waals surface area contributed by atoms with Crippen LogP contribution in [0.3, 0.4) is 0 Å². The molecule has 5 heteroatoms. The fourth-order valence-electron chi connectivity index (χ4n) is 2.50. The Morgan fingerprint density at radius 1 is 1.00 bits per heavy atom. The van der Waals surface area contributed by atoms with Gasteiger partial charge in [0.25, 0.3) is 0 Å². The van der Waals surface area contributed by atoms with E-state index >= 15 is 0 Å². The van der Waals surface area contributed by atoms with E-state index in [9.17, 15) is 0 Å². The number of hydrogen-bond donors (Lipinski definition) is 1. The first-order valence-electron chi connectivity index (χ1n) is 8.52. The quantitative estimate of drug-likeness (QED) is 0.623. The molecular weight excluding hydrogens is 314 g/mol. The summed E-state index contributed by atoms with van der Waals surface area (Å²) < 4.78 is 10.9. The molecule has 0 aliphatic heterocycles. The summed E-state index contributed by atoms with van der Waals surface area (Å²) >= 11 is 0. The lowest BCUT2D eigenvalue weighted by Gasteiger charge is -2.12. The lowest BCUT2D eigenvalue weighted by molar-refractivity contribution is 0.309. The van der Waals surface area contributed by atoms with Crippen molar-refractivity contribution in [1.82, 2.24) is 9.97 Å². The van der Waals surface area contributed by atoms with Crippen LogP contribution < -0.4 is 14.8 Å². The third-order valence-corrected chi connectivity index (χ3v) is 3.94. The van der Waals surface area contributed by atoms with E-state index in [0.29, 0.717) is 5.88 Å². The highest BCUT2D eigenvalue weighted by atomic mass is 16.5. The van der Waals surface area contributed by atoms with Crippen LogP contribution in [0.2, 0.25) is 0 Å². The van der Waals surface area contributed by atoms with Crippen molar-refractivity contribution < 1.29 is 9.47 Å². The summed E-state index contributed by atoms with van der Waals surface area (Å²) in [6.45, 7) is 4.89.